The minimum atomic E-state index is 0.597. The summed E-state index contributed by atoms with van der Waals surface area (Å²) in [5.41, 5.74) is 0. The third kappa shape index (κ3) is 4.40. The van der Waals surface area contributed by atoms with Crippen LogP contribution in [0.1, 0.15) is 26.2 Å². The average molecular weight is 201 g/mol. The van der Waals surface area contributed by atoms with Crippen LogP contribution in [-0.2, 0) is 9.47 Å². The number of unbranched alkanes of at least 4 members (excludes halogenated alkanes) is 1. The smallest absolute Gasteiger partial charge is 0.0509 e. The number of rotatable bonds is 7. The molecule has 3 nitrogen and oxygen atoms in total. The molecule has 14 heavy (non-hydrogen) atoms. The molecule has 3 heteroatoms. The highest BCUT2D eigenvalue weighted by atomic mass is 16.5. The fourth-order valence-electron chi connectivity index (χ4n) is 1.81. The Kier molecular flexibility index (Phi) is 6.15. The van der Waals surface area contributed by atoms with Crippen molar-refractivity contribution in [2.24, 2.45) is 5.92 Å². The number of ether oxygens (including phenoxy) is 2. The highest BCUT2D eigenvalue weighted by Gasteiger charge is 2.21. The Morgan fingerprint density at radius 3 is 3.00 bits per heavy atom. The van der Waals surface area contributed by atoms with Gasteiger partial charge in [-0.1, -0.05) is 0 Å². The molecule has 0 spiro atoms. The normalized spacial score (nSPS) is 24.0. The van der Waals surface area contributed by atoms with Crippen LogP contribution in [0, 0.1) is 5.92 Å². The van der Waals surface area contributed by atoms with Crippen molar-refractivity contribution in [2.45, 2.75) is 32.2 Å². The first-order valence-corrected chi connectivity index (χ1v) is 5.64. The predicted molar refractivity (Wildman–Crippen MR) is 57.5 cm³/mol. The van der Waals surface area contributed by atoms with Gasteiger partial charge >= 0.3 is 0 Å². The molecule has 0 aromatic carbocycles. The first-order chi connectivity index (χ1) is 6.84. The van der Waals surface area contributed by atoms with Gasteiger partial charge in [0.1, 0.15) is 0 Å². The van der Waals surface area contributed by atoms with Crippen molar-refractivity contribution in [1.29, 1.82) is 0 Å². The van der Waals surface area contributed by atoms with E-state index in [2.05, 4.69) is 12.2 Å². The molecule has 1 heterocycles. The average Bonchev–Trinajstić information content (AvgIpc) is 2.70. The molecule has 0 aliphatic carbocycles. The maximum Gasteiger partial charge on any atom is 0.0509 e. The van der Waals surface area contributed by atoms with Gasteiger partial charge in [0, 0.05) is 26.4 Å². The van der Waals surface area contributed by atoms with E-state index in [0.29, 0.717) is 6.04 Å². The molecule has 2 unspecified atom stereocenters. The van der Waals surface area contributed by atoms with Crippen LogP contribution in [0.3, 0.4) is 0 Å². The van der Waals surface area contributed by atoms with Crippen LogP contribution >= 0.6 is 0 Å². The predicted octanol–water partition coefficient (Wildman–Crippen LogP) is 1.43. The third-order valence-corrected chi connectivity index (χ3v) is 2.91. The Hall–Kier alpha value is -0.120. The van der Waals surface area contributed by atoms with Gasteiger partial charge in [-0.15, -0.1) is 0 Å². The highest BCUT2D eigenvalue weighted by Crippen LogP contribution is 2.16. The van der Waals surface area contributed by atoms with Crippen LogP contribution in [0.5, 0.6) is 0 Å². The van der Waals surface area contributed by atoms with Crippen molar-refractivity contribution < 1.29 is 9.47 Å². The molecule has 0 saturated carbocycles. The molecule has 0 aromatic heterocycles. The van der Waals surface area contributed by atoms with Crippen molar-refractivity contribution in [3.63, 3.8) is 0 Å². The van der Waals surface area contributed by atoms with E-state index >= 15 is 0 Å². The van der Waals surface area contributed by atoms with E-state index < -0.39 is 0 Å². The van der Waals surface area contributed by atoms with Crippen LogP contribution in [-0.4, -0.2) is 39.5 Å². The molecule has 1 N–H and O–H groups in total. The number of hydrogen-bond donors (Lipinski definition) is 1. The number of nitrogens with one attached hydrogen (secondary N) is 1. The molecule has 1 saturated heterocycles. The maximum absolute atomic E-state index is 5.36. The standard InChI is InChI=1S/C11H23NO2/c1-10(11-5-8-14-9-11)12-6-3-4-7-13-2/h10-12H,3-9H2,1-2H3. The minimum absolute atomic E-state index is 0.597. The zero-order chi connectivity index (χ0) is 10.2. The third-order valence-electron chi connectivity index (χ3n) is 2.91. The number of hydrogen-bond acceptors (Lipinski definition) is 3. The van der Waals surface area contributed by atoms with E-state index in [4.69, 9.17) is 9.47 Å². The van der Waals surface area contributed by atoms with Gasteiger partial charge in [-0.2, -0.15) is 0 Å². The first kappa shape index (κ1) is 12.0. The summed E-state index contributed by atoms with van der Waals surface area (Å²) < 4.78 is 10.4. The lowest BCUT2D eigenvalue weighted by atomic mass is 10.0. The van der Waals surface area contributed by atoms with Gasteiger partial charge in [-0.05, 0) is 38.6 Å². The topological polar surface area (TPSA) is 30.5 Å². The first-order valence-electron chi connectivity index (χ1n) is 5.64. The lowest BCUT2D eigenvalue weighted by Gasteiger charge is -2.19. The van der Waals surface area contributed by atoms with Gasteiger partial charge < -0.3 is 14.8 Å². The molecular formula is C11H23NO2. The van der Waals surface area contributed by atoms with E-state index in [0.717, 1.165) is 38.7 Å². The van der Waals surface area contributed by atoms with E-state index in [-0.39, 0.29) is 0 Å². The molecule has 84 valence electrons. The molecule has 0 aromatic rings. The van der Waals surface area contributed by atoms with Gasteiger partial charge in [0.25, 0.3) is 0 Å². The molecule has 0 amide bonds. The minimum Gasteiger partial charge on any atom is -0.385 e. The largest absolute Gasteiger partial charge is 0.385 e. The quantitative estimate of drug-likeness (QED) is 0.632. The summed E-state index contributed by atoms with van der Waals surface area (Å²) in [7, 11) is 1.76. The second kappa shape index (κ2) is 7.21. The van der Waals surface area contributed by atoms with Crippen LogP contribution in [0.25, 0.3) is 0 Å². The number of methoxy groups -OCH3 is 1. The zero-order valence-corrected chi connectivity index (χ0v) is 9.42. The molecular weight excluding hydrogens is 178 g/mol. The van der Waals surface area contributed by atoms with Crippen LogP contribution < -0.4 is 5.32 Å². The Labute approximate surface area is 87.2 Å². The van der Waals surface area contributed by atoms with Gasteiger partial charge in [-0.3, -0.25) is 0 Å². The lowest BCUT2D eigenvalue weighted by molar-refractivity contribution is 0.177. The summed E-state index contributed by atoms with van der Waals surface area (Å²) in [6.07, 6.45) is 3.56. The summed E-state index contributed by atoms with van der Waals surface area (Å²) in [6, 6.07) is 0.597. The summed E-state index contributed by atoms with van der Waals surface area (Å²) >= 11 is 0. The Morgan fingerprint density at radius 2 is 2.36 bits per heavy atom. The molecule has 1 rings (SSSR count). The second-order valence-corrected chi connectivity index (χ2v) is 4.07. The van der Waals surface area contributed by atoms with E-state index in [9.17, 15) is 0 Å². The maximum atomic E-state index is 5.36. The van der Waals surface area contributed by atoms with Gasteiger partial charge in [0.15, 0.2) is 0 Å². The van der Waals surface area contributed by atoms with E-state index in [1.807, 2.05) is 0 Å². The van der Waals surface area contributed by atoms with Crippen molar-refractivity contribution >= 4 is 0 Å². The summed E-state index contributed by atoms with van der Waals surface area (Å²) in [5, 5.41) is 3.55. The molecule has 0 radical (unpaired) electrons. The molecule has 0 bridgehead atoms. The Morgan fingerprint density at radius 1 is 1.50 bits per heavy atom. The fraction of sp³-hybridized carbons (Fsp3) is 1.00. The van der Waals surface area contributed by atoms with Crippen molar-refractivity contribution in [2.75, 3.05) is 33.5 Å². The second-order valence-electron chi connectivity index (χ2n) is 4.07. The summed E-state index contributed by atoms with van der Waals surface area (Å²) in [5.74, 6) is 0.720. The zero-order valence-electron chi connectivity index (χ0n) is 9.42. The summed E-state index contributed by atoms with van der Waals surface area (Å²) in [4.78, 5) is 0. The highest BCUT2D eigenvalue weighted by molar-refractivity contribution is 4.75. The Balaban J connectivity index is 1.94. The molecule has 1 aliphatic rings. The van der Waals surface area contributed by atoms with Crippen molar-refractivity contribution in [3.8, 4) is 0 Å². The lowest BCUT2D eigenvalue weighted by Crippen LogP contribution is -2.34. The van der Waals surface area contributed by atoms with Gasteiger partial charge in [0.2, 0.25) is 0 Å². The van der Waals surface area contributed by atoms with Crippen LogP contribution in [0.2, 0.25) is 0 Å². The summed E-state index contributed by atoms with van der Waals surface area (Å²) in [6.45, 7) is 6.12. The van der Waals surface area contributed by atoms with Crippen molar-refractivity contribution in [1.82, 2.24) is 5.32 Å². The van der Waals surface area contributed by atoms with Crippen molar-refractivity contribution in [3.05, 3.63) is 0 Å². The van der Waals surface area contributed by atoms with Crippen LogP contribution in [0.15, 0.2) is 0 Å². The molecule has 1 aliphatic heterocycles. The fourth-order valence-corrected chi connectivity index (χ4v) is 1.81. The molecule has 2 atom stereocenters. The van der Waals surface area contributed by atoms with E-state index in [1.165, 1.54) is 12.8 Å². The van der Waals surface area contributed by atoms with E-state index in [1.54, 1.807) is 7.11 Å². The monoisotopic (exact) mass is 201 g/mol. The SMILES string of the molecule is COCCCCNC(C)C1CCOC1. The van der Waals surface area contributed by atoms with Gasteiger partial charge in [-0.25, -0.2) is 0 Å². The Bertz CT molecular complexity index is 135. The van der Waals surface area contributed by atoms with Gasteiger partial charge in [0.05, 0.1) is 6.61 Å². The molecule has 1 fully saturated rings. The van der Waals surface area contributed by atoms with Crippen LogP contribution in [0.4, 0.5) is 0 Å².